The van der Waals surface area contributed by atoms with Crippen molar-refractivity contribution in [3.05, 3.63) is 23.4 Å². The van der Waals surface area contributed by atoms with Gasteiger partial charge in [-0.2, -0.15) is 0 Å². The Labute approximate surface area is 90.8 Å². The summed E-state index contributed by atoms with van der Waals surface area (Å²) >= 11 is 0. The van der Waals surface area contributed by atoms with Crippen molar-refractivity contribution < 1.29 is 5.11 Å². The summed E-state index contributed by atoms with van der Waals surface area (Å²) in [5.41, 5.74) is 2.04. The first-order valence-corrected chi connectivity index (χ1v) is 5.51. The molecule has 1 aromatic rings. The van der Waals surface area contributed by atoms with E-state index in [-0.39, 0.29) is 6.61 Å². The topological polar surface area (TPSA) is 36.4 Å². The van der Waals surface area contributed by atoms with Crippen molar-refractivity contribution in [1.82, 2.24) is 4.98 Å². The highest BCUT2D eigenvalue weighted by molar-refractivity contribution is 5.47. The number of hydrogen-bond acceptors (Lipinski definition) is 3. The Hall–Kier alpha value is -1.09. The SMILES string of the molecule is Cc1cc(CO)cnc1N(C)C1CCC1. The minimum Gasteiger partial charge on any atom is -0.392 e. The summed E-state index contributed by atoms with van der Waals surface area (Å²) in [6, 6.07) is 2.67. The molecule has 1 fully saturated rings. The number of nitrogens with zero attached hydrogens (tertiary/aromatic N) is 2. The van der Waals surface area contributed by atoms with E-state index in [9.17, 15) is 0 Å². The van der Waals surface area contributed by atoms with E-state index in [4.69, 9.17) is 5.11 Å². The van der Waals surface area contributed by atoms with Crippen LogP contribution in [0.5, 0.6) is 0 Å². The molecule has 0 aromatic carbocycles. The molecule has 3 nitrogen and oxygen atoms in total. The summed E-state index contributed by atoms with van der Waals surface area (Å²) in [6.07, 6.45) is 5.65. The van der Waals surface area contributed by atoms with Gasteiger partial charge >= 0.3 is 0 Å². The van der Waals surface area contributed by atoms with Crippen molar-refractivity contribution in [3.8, 4) is 0 Å². The number of aliphatic hydroxyl groups excluding tert-OH is 1. The molecule has 1 heterocycles. The quantitative estimate of drug-likeness (QED) is 0.820. The first-order valence-electron chi connectivity index (χ1n) is 5.51. The standard InChI is InChI=1S/C12H18N2O/c1-9-6-10(8-15)7-13-12(9)14(2)11-4-3-5-11/h6-7,11,15H,3-5,8H2,1-2H3. The van der Waals surface area contributed by atoms with Crippen LogP contribution >= 0.6 is 0 Å². The molecule has 82 valence electrons. The molecule has 0 bridgehead atoms. The van der Waals surface area contributed by atoms with Crippen molar-refractivity contribution in [2.24, 2.45) is 0 Å². The van der Waals surface area contributed by atoms with Gasteiger partial charge in [0.25, 0.3) is 0 Å². The van der Waals surface area contributed by atoms with Gasteiger partial charge in [0.05, 0.1) is 6.61 Å². The van der Waals surface area contributed by atoms with E-state index in [0.29, 0.717) is 6.04 Å². The fourth-order valence-corrected chi connectivity index (χ4v) is 2.03. The maximum absolute atomic E-state index is 9.00. The van der Waals surface area contributed by atoms with Crippen LogP contribution < -0.4 is 4.90 Å². The largest absolute Gasteiger partial charge is 0.392 e. The fraction of sp³-hybridized carbons (Fsp3) is 0.583. The van der Waals surface area contributed by atoms with Crippen molar-refractivity contribution in [1.29, 1.82) is 0 Å². The Balaban J connectivity index is 2.19. The lowest BCUT2D eigenvalue weighted by atomic mass is 9.91. The van der Waals surface area contributed by atoms with Gasteiger partial charge in [0, 0.05) is 19.3 Å². The molecule has 1 aliphatic rings. The number of hydrogen-bond donors (Lipinski definition) is 1. The summed E-state index contributed by atoms with van der Waals surface area (Å²) < 4.78 is 0. The van der Waals surface area contributed by atoms with Crippen LogP contribution in [0.15, 0.2) is 12.3 Å². The van der Waals surface area contributed by atoms with Gasteiger partial charge in [-0.25, -0.2) is 4.98 Å². The van der Waals surface area contributed by atoms with Crippen LogP contribution in [-0.2, 0) is 6.61 Å². The second-order valence-electron chi connectivity index (χ2n) is 4.34. The van der Waals surface area contributed by atoms with Crippen LogP contribution in [0, 0.1) is 6.92 Å². The number of anilines is 1. The van der Waals surface area contributed by atoms with E-state index in [1.54, 1.807) is 6.20 Å². The molecule has 0 saturated heterocycles. The molecular formula is C12H18N2O. The molecule has 0 amide bonds. The van der Waals surface area contributed by atoms with Gasteiger partial charge in [-0.1, -0.05) is 0 Å². The van der Waals surface area contributed by atoms with Crippen LogP contribution in [0.25, 0.3) is 0 Å². The lowest BCUT2D eigenvalue weighted by Gasteiger charge is -2.36. The zero-order valence-electron chi connectivity index (χ0n) is 9.40. The highest BCUT2D eigenvalue weighted by Crippen LogP contribution is 2.28. The Morgan fingerprint density at radius 2 is 2.27 bits per heavy atom. The third-order valence-corrected chi connectivity index (χ3v) is 3.25. The van der Waals surface area contributed by atoms with Gasteiger partial charge in [0.15, 0.2) is 0 Å². The van der Waals surface area contributed by atoms with E-state index in [1.807, 2.05) is 6.07 Å². The van der Waals surface area contributed by atoms with Crippen LogP contribution in [0.2, 0.25) is 0 Å². The molecule has 0 radical (unpaired) electrons. The Bertz CT molecular complexity index is 347. The first-order chi connectivity index (χ1) is 7.22. The summed E-state index contributed by atoms with van der Waals surface area (Å²) in [4.78, 5) is 6.68. The van der Waals surface area contributed by atoms with E-state index >= 15 is 0 Å². The number of rotatable bonds is 3. The van der Waals surface area contributed by atoms with Crippen LogP contribution in [-0.4, -0.2) is 23.2 Å². The van der Waals surface area contributed by atoms with Crippen LogP contribution in [0.1, 0.15) is 30.4 Å². The lowest BCUT2D eigenvalue weighted by molar-refractivity contribution is 0.281. The molecular weight excluding hydrogens is 188 g/mol. The molecule has 2 rings (SSSR count). The summed E-state index contributed by atoms with van der Waals surface area (Å²) in [5.74, 6) is 1.05. The van der Waals surface area contributed by atoms with Gasteiger partial charge in [0.1, 0.15) is 5.82 Å². The molecule has 1 aromatic heterocycles. The zero-order valence-corrected chi connectivity index (χ0v) is 9.40. The van der Waals surface area contributed by atoms with E-state index in [0.717, 1.165) is 16.9 Å². The molecule has 1 saturated carbocycles. The smallest absolute Gasteiger partial charge is 0.131 e. The Morgan fingerprint density at radius 3 is 2.73 bits per heavy atom. The summed E-state index contributed by atoms with van der Waals surface area (Å²) in [5, 5.41) is 9.00. The normalized spacial score (nSPS) is 16.2. The summed E-state index contributed by atoms with van der Waals surface area (Å²) in [6.45, 7) is 2.12. The molecule has 15 heavy (non-hydrogen) atoms. The van der Waals surface area contributed by atoms with Gasteiger partial charge in [-0.05, 0) is 43.4 Å². The van der Waals surface area contributed by atoms with E-state index in [2.05, 4.69) is 23.9 Å². The average molecular weight is 206 g/mol. The van der Waals surface area contributed by atoms with Gasteiger partial charge in [-0.3, -0.25) is 0 Å². The van der Waals surface area contributed by atoms with Crippen molar-refractivity contribution >= 4 is 5.82 Å². The van der Waals surface area contributed by atoms with Crippen LogP contribution in [0.4, 0.5) is 5.82 Å². The third-order valence-electron chi connectivity index (χ3n) is 3.25. The monoisotopic (exact) mass is 206 g/mol. The minimum atomic E-state index is 0.0707. The molecule has 1 N–H and O–H groups in total. The van der Waals surface area contributed by atoms with Crippen molar-refractivity contribution in [2.45, 2.75) is 38.8 Å². The second-order valence-corrected chi connectivity index (χ2v) is 4.34. The van der Waals surface area contributed by atoms with Crippen molar-refractivity contribution in [3.63, 3.8) is 0 Å². The van der Waals surface area contributed by atoms with Crippen LogP contribution in [0.3, 0.4) is 0 Å². The highest BCUT2D eigenvalue weighted by Gasteiger charge is 2.23. The van der Waals surface area contributed by atoms with E-state index in [1.165, 1.54) is 19.3 Å². The molecule has 1 aliphatic carbocycles. The second kappa shape index (κ2) is 4.19. The van der Waals surface area contributed by atoms with E-state index < -0.39 is 0 Å². The number of pyridine rings is 1. The Kier molecular flexibility index (Phi) is 2.91. The lowest BCUT2D eigenvalue weighted by Crippen LogP contribution is -2.38. The first kappa shape index (κ1) is 10.4. The predicted octanol–water partition coefficient (Wildman–Crippen LogP) is 1.87. The van der Waals surface area contributed by atoms with Gasteiger partial charge < -0.3 is 10.0 Å². The molecule has 0 spiro atoms. The maximum atomic E-state index is 9.00. The number of aliphatic hydroxyl groups is 1. The van der Waals surface area contributed by atoms with Gasteiger partial charge in [-0.15, -0.1) is 0 Å². The molecule has 0 atom stereocenters. The number of aromatic nitrogens is 1. The third kappa shape index (κ3) is 1.97. The molecule has 0 aliphatic heterocycles. The minimum absolute atomic E-state index is 0.0707. The Morgan fingerprint density at radius 1 is 1.53 bits per heavy atom. The van der Waals surface area contributed by atoms with Gasteiger partial charge in [0.2, 0.25) is 0 Å². The summed E-state index contributed by atoms with van der Waals surface area (Å²) in [7, 11) is 2.11. The molecule has 3 heteroatoms. The van der Waals surface area contributed by atoms with Crippen molar-refractivity contribution in [2.75, 3.05) is 11.9 Å². The predicted molar refractivity (Wildman–Crippen MR) is 60.9 cm³/mol. The zero-order chi connectivity index (χ0) is 10.8. The highest BCUT2D eigenvalue weighted by atomic mass is 16.3. The number of aryl methyl sites for hydroxylation is 1. The maximum Gasteiger partial charge on any atom is 0.131 e. The molecule has 0 unspecified atom stereocenters. The fourth-order valence-electron chi connectivity index (χ4n) is 2.03. The average Bonchev–Trinajstić information content (AvgIpc) is 2.14.